The van der Waals surface area contributed by atoms with Crippen molar-refractivity contribution in [3.05, 3.63) is 57.8 Å². The minimum atomic E-state index is -0.230. The van der Waals surface area contributed by atoms with E-state index in [2.05, 4.69) is 18.9 Å². The molecule has 0 saturated heterocycles. The summed E-state index contributed by atoms with van der Waals surface area (Å²) >= 11 is 1.54. The molecular formula is C21H25N3O3S. The van der Waals surface area contributed by atoms with Crippen LogP contribution in [0.2, 0.25) is 0 Å². The number of thiophene rings is 1. The summed E-state index contributed by atoms with van der Waals surface area (Å²) in [5.74, 6) is 1.69. The average Bonchev–Trinajstić information content (AvgIpc) is 3.30. The quantitative estimate of drug-likeness (QED) is 0.551. The van der Waals surface area contributed by atoms with Crippen LogP contribution in [0.15, 0.2) is 46.6 Å². The highest BCUT2D eigenvalue weighted by molar-refractivity contribution is 7.13. The zero-order chi connectivity index (χ0) is 20.1. The molecule has 0 atom stereocenters. The second kappa shape index (κ2) is 9.01. The van der Waals surface area contributed by atoms with Gasteiger partial charge in [0.05, 0.1) is 12.0 Å². The van der Waals surface area contributed by atoms with Crippen molar-refractivity contribution >= 4 is 17.1 Å². The number of ketones is 1. The molecule has 0 aliphatic heterocycles. The summed E-state index contributed by atoms with van der Waals surface area (Å²) in [6.45, 7) is 4.68. The summed E-state index contributed by atoms with van der Waals surface area (Å²) in [5.41, 5.74) is 0.802. The molecule has 7 heteroatoms. The maximum Gasteiger partial charge on any atom is 0.346 e. The number of carbonyl (C=O) groups is 1. The molecule has 0 amide bonds. The van der Waals surface area contributed by atoms with Crippen LogP contribution in [-0.2, 0) is 24.3 Å². The Bertz CT molecular complexity index is 987. The Morgan fingerprint density at radius 3 is 2.75 bits per heavy atom. The van der Waals surface area contributed by atoms with Crippen molar-refractivity contribution in [3.8, 4) is 16.5 Å². The lowest BCUT2D eigenvalue weighted by Crippen LogP contribution is -2.29. The predicted molar refractivity (Wildman–Crippen MR) is 111 cm³/mol. The van der Waals surface area contributed by atoms with Gasteiger partial charge >= 0.3 is 5.69 Å². The Kier molecular flexibility index (Phi) is 6.46. The van der Waals surface area contributed by atoms with Gasteiger partial charge in [0, 0.05) is 13.0 Å². The highest BCUT2D eigenvalue weighted by Crippen LogP contribution is 2.22. The number of methoxy groups -OCH3 is 1. The van der Waals surface area contributed by atoms with Gasteiger partial charge < -0.3 is 4.74 Å². The number of hydrogen-bond donors (Lipinski definition) is 0. The molecule has 2 heterocycles. The van der Waals surface area contributed by atoms with Crippen molar-refractivity contribution in [2.75, 3.05) is 7.11 Å². The van der Waals surface area contributed by atoms with Crippen LogP contribution in [-0.4, -0.2) is 27.2 Å². The fourth-order valence-electron chi connectivity index (χ4n) is 3.02. The molecule has 0 unspecified atom stereocenters. The van der Waals surface area contributed by atoms with Gasteiger partial charge in [0.15, 0.2) is 11.6 Å². The van der Waals surface area contributed by atoms with Crippen molar-refractivity contribution < 1.29 is 9.53 Å². The number of benzene rings is 1. The zero-order valence-electron chi connectivity index (χ0n) is 16.4. The molecule has 0 radical (unpaired) electrons. The first-order valence-corrected chi connectivity index (χ1v) is 10.2. The first kappa shape index (κ1) is 20.1. The van der Waals surface area contributed by atoms with Gasteiger partial charge in [0.2, 0.25) is 0 Å². The van der Waals surface area contributed by atoms with Crippen LogP contribution in [0.4, 0.5) is 0 Å². The summed E-state index contributed by atoms with van der Waals surface area (Å²) in [5, 5.41) is 6.42. The van der Waals surface area contributed by atoms with Gasteiger partial charge in [0.1, 0.15) is 12.3 Å². The van der Waals surface area contributed by atoms with Crippen LogP contribution < -0.4 is 10.4 Å². The number of hydrogen-bond acceptors (Lipinski definition) is 5. The number of rotatable bonds is 9. The molecule has 0 saturated carbocycles. The van der Waals surface area contributed by atoms with Crippen molar-refractivity contribution in [2.45, 2.75) is 39.8 Å². The molecule has 28 heavy (non-hydrogen) atoms. The fourth-order valence-corrected chi connectivity index (χ4v) is 3.74. The van der Waals surface area contributed by atoms with Crippen molar-refractivity contribution in [1.82, 2.24) is 14.3 Å². The smallest absolute Gasteiger partial charge is 0.346 e. The van der Waals surface area contributed by atoms with Crippen molar-refractivity contribution in [1.29, 1.82) is 0 Å². The van der Waals surface area contributed by atoms with Crippen LogP contribution in [0.1, 0.15) is 25.8 Å². The van der Waals surface area contributed by atoms with E-state index in [1.807, 2.05) is 41.8 Å². The molecule has 0 fully saturated rings. The lowest BCUT2D eigenvalue weighted by atomic mass is 10.1. The number of nitrogens with zero attached hydrogens (tertiary/aromatic N) is 3. The van der Waals surface area contributed by atoms with E-state index in [4.69, 9.17) is 4.74 Å². The molecule has 148 valence electrons. The zero-order valence-corrected chi connectivity index (χ0v) is 17.2. The van der Waals surface area contributed by atoms with Crippen LogP contribution in [0.5, 0.6) is 5.75 Å². The maximum atomic E-state index is 12.8. The van der Waals surface area contributed by atoms with Crippen molar-refractivity contribution in [3.63, 3.8) is 0 Å². The summed E-state index contributed by atoms with van der Waals surface area (Å²) in [6, 6.07) is 11.5. The Labute approximate surface area is 168 Å². The summed E-state index contributed by atoms with van der Waals surface area (Å²) in [7, 11) is 1.62. The van der Waals surface area contributed by atoms with Gasteiger partial charge in [-0.3, -0.25) is 9.36 Å². The Hall–Kier alpha value is -2.67. The standard InChI is InChI=1S/C21H25N3O3S/c1-15(2)13-23-20(19-8-5-11-28-19)22-24(21(23)26)14-17(25)10-9-16-6-4-7-18(12-16)27-3/h4-8,11-12,15H,9-10,13-14H2,1-3H3. The molecule has 3 rings (SSSR count). The van der Waals surface area contributed by atoms with E-state index in [-0.39, 0.29) is 18.0 Å². The minimum Gasteiger partial charge on any atom is -0.497 e. The summed E-state index contributed by atoms with van der Waals surface area (Å²) < 4.78 is 8.18. The lowest BCUT2D eigenvalue weighted by Gasteiger charge is -2.06. The SMILES string of the molecule is COc1cccc(CCC(=O)Cn2nc(-c3cccs3)n(CC(C)C)c2=O)c1. The largest absolute Gasteiger partial charge is 0.497 e. The highest BCUT2D eigenvalue weighted by Gasteiger charge is 2.18. The summed E-state index contributed by atoms with van der Waals surface area (Å²) in [6.07, 6.45) is 0.959. The topological polar surface area (TPSA) is 66.1 Å². The second-order valence-electron chi connectivity index (χ2n) is 7.14. The lowest BCUT2D eigenvalue weighted by molar-refractivity contribution is -0.119. The molecule has 0 spiro atoms. The minimum absolute atomic E-state index is 0.00767. The maximum absolute atomic E-state index is 12.8. The van der Waals surface area contributed by atoms with E-state index in [1.54, 1.807) is 11.7 Å². The molecular weight excluding hydrogens is 374 g/mol. The third-order valence-electron chi connectivity index (χ3n) is 4.36. The average molecular weight is 400 g/mol. The van der Waals surface area contributed by atoms with Crippen LogP contribution in [0.3, 0.4) is 0 Å². The van der Waals surface area contributed by atoms with Crippen molar-refractivity contribution in [2.24, 2.45) is 5.92 Å². The number of aryl methyl sites for hydroxylation is 1. The van der Waals surface area contributed by atoms with Gasteiger partial charge in [-0.2, -0.15) is 0 Å². The first-order valence-electron chi connectivity index (χ1n) is 9.34. The van der Waals surface area contributed by atoms with Crippen LogP contribution in [0, 0.1) is 5.92 Å². The van der Waals surface area contributed by atoms with Gasteiger partial charge in [-0.05, 0) is 41.5 Å². The third-order valence-corrected chi connectivity index (χ3v) is 5.23. The van der Waals surface area contributed by atoms with E-state index in [0.29, 0.717) is 31.1 Å². The van der Waals surface area contributed by atoms with Gasteiger partial charge in [-0.25, -0.2) is 9.48 Å². The van der Waals surface area contributed by atoms with Gasteiger partial charge in [0.25, 0.3) is 0 Å². The molecule has 0 aliphatic rings. The van der Waals surface area contributed by atoms with E-state index < -0.39 is 0 Å². The number of ether oxygens (including phenoxy) is 1. The third kappa shape index (κ3) is 4.78. The van der Waals surface area contributed by atoms with E-state index in [9.17, 15) is 9.59 Å². The van der Waals surface area contributed by atoms with E-state index >= 15 is 0 Å². The Morgan fingerprint density at radius 2 is 2.07 bits per heavy atom. The molecule has 2 aromatic heterocycles. The normalized spacial score (nSPS) is 11.1. The monoisotopic (exact) mass is 399 g/mol. The number of carbonyl (C=O) groups excluding carboxylic acids is 1. The molecule has 0 N–H and O–H groups in total. The molecule has 0 bridgehead atoms. The number of aromatic nitrogens is 3. The van der Waals surface area contributed by atoms with E-state index in [1.165, 1.54) is 16.0 Å². The number of Topliss-reactive ketones (excluding diaryl/α,β-unsaturated/α-hetero) is 1. The highest BCUT2D eigenvalue weighted by atomic mass is 32.1. The fraction of sp³-hybridized carbons (Fsp3) is 0.381. The van der Waals surface area contributed by atoms with Crippen LogP contribution >= 0.6 is 11.3 Å². The molecule has 1 aromatic carbocycles. The Morgan fingerprint density at radius 1 is 1.25 bits per heavy atom. The molecule has 3 aromatic rings. The van der Waals surface area contributed by atoms with Gasteiger partial charge in [-0.15, -0.1) is 16.4 Å². The summed E-state index contributed by atoms with van der Waals surface area (Å²) in [4.78, 5) is 26.2. The Balaban J connectivity index is 1.74. The molecule has 0 aliphatic carbocycles. The van der Waals surface area contributed by atoms with Gasteiger partial charge in [-0.1, -0.05) is 32.0 Å². The predicted octanol–water partition coefficient (Wildman–Crippen LogP) is 3.64. The first-order chi connectivity index (χ1) is 13.5. The van der Waals surface area contributed by atoms with E-state index in [0.717, 1.165) is 16.2 Å². The van der Waals surface area contributed by atoms with Crippen LogP contribution in [0.25, 0.3) is 10.7 Å². The molecule has 6 nitrogen and oxygen atoms in total. The second-order valence-corrected chi connectivity index (χ2v) is 8.08.